The highest BCUT2D eigenvalue weighted by molar-refractivity contribution is 5.89. The summed E-state index contributed by atoms with van der Waals surface area (Å²) in [6.45, 7) is 2.88. The number of carbonyl (C=O) groups is 1. The van der Waals surface area contributed by atoms with Crippen LogP contribution in [0.25, 0.3) is 0 Å². The summed E-state index contributed by atoms with van der Waals surface area (Å²) in [7, 11) is 1.89. The fraction of sp³-hybridized carbons (Fsp3) is 0.286. The number of ether oxygens (including phenoxy) is 1. The molecule has 2 aromatic rings. The molecule has 0 fully saturated rings. The zero-order valence-electron chi connectivity index (χ0n) is 11.1. The molecule has 0 radical (unpaired) electrons. The van der Waals surface area contributed by atoms with E-state index in [1.807, 2.05) is 31.6 Å². The first-order valence-electron chi connectivity index (χ1n) is 6.17. The molecule has 19 heavy (non-hydrogen) atoms. The Labute approximate surface area is 112 Å². The molecule has 1 aromatic heterocycles. The van der Waals surface area contributed by atoms with E-state index in [4.69, 9.17) is 4.74 Å². The number of nitrogens with zero attached hydrogens (tertiary/aromatic N) is 2. The summed E-state index contributed by atoms with van der Waals surface area (Å²) >= 11 is 0. The fourth-order valence-electron chi connectivity index (χ4n) is 1.71. The highest BCUT2D eigenvalue weighted by Crippen LogP contribution is 2.12. The lowest BCUT2D eigenvalue weighted by Gasteiger charge is -2.06. The molecule has 0 aliphatic heterocycles. The smallest absolute Gasteiger partial charge is 0.338 e. The van der Waals surface area contributed by atoms with Crippen molar-refractivity contribution in [2.45, 2.75) is 13.5 Å². The van der Waals surface area contributed by atoms with Crippen molar-refractivity contribution >= 4 is 11.7 Å². The zero-order chi connectivity index (χ0) is 13.7. The lowest BCUT2D eigenvalue weighted by atomic mass is 10.2. The number of rotatable bonds is 5. The van der Waals surface area contributed by atoms with E-state index in [-0.39, 0.29) is 5.97 Å². The van der Waals surface area contributed by atoms with Gasteiger partial charge in [0.2, 0.25) is 0 Å². The molecule has 100 valence electrons. The minimum absolute atomic E-state index is 0.290. The van der Waals surface area contributed by atoms with E-state index in [1.54, 1.807) is 23.7 Å². The second-order valence-corrected chi connectivity index (χ2v) is 4.17. The van der Waals surface area contributed by atoms with Crippen LogP contribution in [-0.4, -0.2) is 22.4 Å². The van der Waals surface area contributed by atoms with E-state index in [2.05, 4.69) is 10.4 Å². The number of carbonyl (C=O) groups excluding carboxylic acids is 1. The second kappa shape index (κ2) is 6.04. The number of aromatic nitrogens is 2. The van der Waals surface area contributed by atoms with Crippen molar-refractivity contribution in [3.63, 3.8) is 0 Å². The van der Waals surface area contributed by atoms with E-state index in [1.165, 1.54) is 0 Å². The van der Waals surface area contributed by atoms with Crippen LogP contribution in [0.2, 0.25) is 0 Å². The van der Waals surface area contributed by atoms with Crippen molar-refractivity contribution in [3.05, 3.63) is 47.8 Å². The lowest BCUT2D eigenvalue weighted by molar-refractivity contribution is 0.0526. The van der Waals surface area contributed by atoms with Gasteiger partial charge in [0.25, 0.3) is 0 Å². The molecule has 1 N–H and O–H groups in total. The van der Waals surface area contributed by atoms with Crippen molar-refractivity contribution in [2.24, 2.45) is 7.05 Å². The van der Waals surface area contributed by atoms with Gasteiger partial charge in [-0.3, -0.25) is 4.68 Å². The number of aryl methyl sites for hydroxylation is 1. The predicted octanol–water partition coefficient (Wildman–Crippen LogP) is 2.21. The van der Waals surface area contributed by atoms with Crippen LogP contribution >= 0.6 is 0 Å². The van der Waals surface area contributed by atoms with Gasteiger partial charge in [0.15, 0.2) is 0 Å². The van der Waals surface area contributed by atoms with Gasteiger partial charge in [0, 0.05) is 31.0 Å². The van der Waals surface area contributed by atoms with Crippen molar-refractivity contribution in [1.82, 2.24) is 9.78 Å². The number of benzene rings is 1. The molecule has 0 unspecified atom stereocenters. The van der Waals surface area contributed by atoms with Crippen molar-refractivity contribution < 1.29 is 9.53 Å². The number of anilines is 1. The third kappa shape index (κ3) is 3.58. The Balaban J connectivity index is 1.93. The molecule has 0 atom stereocenters. The van der Waals surface area contributed by atoms with Crippen molar-refractivity contribution in [1.29, 1.82) is 0 Å². The fourth-order valence-corrected chi connectivity index (χ4v) is 1.71. The molecule has 0 saturated heterocycles. The first-order chi connectivity index (χ1) is 9.19. The molecule has 0 aliphatic rings. The van der Waals surface area contributed by atoms with Gasteiger partial charge in [-0.25, -0.2) is 4.79 Å². The molecule has 5 heteroatoms. The highest BCUT2D eigenvalue weighted by atomic mass is 16.5. The number of esters is 1. The van der Waals surface area contributed by atoms with Gasteiger partial charge in [-0.1, -0.05) is 0 Å². The molecule has 1 heterocycles. The van der Waals surface area contributed by atoms with Crippen LogP contribution in [0, 0.1) is 0 Å². The second-order valence-electron chi connectivity index (χ2n) is 4.17. The normalized spacial score (nSPS) is 10.2. The van der Waals surface area contributed by atoms with Gasteiger partial charge in [-0.15, -0.1) is 0 Å². The van der Waals surface area contributed by atoms with Gasteiger partial charge < -0.3 is 10.1 Å². The summed E-state index contributed by atoms with van der Waals surface area (Å²) < 4.78 is 6.69. The third-order valence-corrected chi connectivity index (χ3v) is 2.65. The SMILES string of the molecule is CCOC(=O)c1ccc(NCc2cnn(C)c2)cc1. The predicted molar refractivity (Wildman–Crippen MR) is 72.9 cm³/mol. The Morgan fingerprint density at radius 3 is 2.68 bits per heavy atom. The molecule has 2 rings (SSSR count). The molecule has 0 amide bonds. The van der Waals surface area contributed by atoms with Crippen LogP contribution in [0.15, 0.2) is 36.7 Å². The van der Waals surface area contributed by atoms with Crippen LogP contribution < -0.4 is 5.32 Å². The average Bonchev–Trinajstić information content (AvgIpc) is 2.83. The quantitative estimate of drug-likeness (QED) is 0.836. The molecule has 0 spiro atoms. The topological polar surface area (TPSA) is 56.1 Å². The van der Waals surface area contributed by atoms with E-state index in [0.29, 0.717) is 18.7 Å². The van der Waals surface area contributed by atoms with Crippen LogP contribution in [0.4, 0.5) is 5.69 Å². The Hall–Kier alpha value is -2.30. The van der Waals surface area contributed by atoms with Crippen molar-refractivity contribution in [2.75, 3.05) is 11.9 Å². The summed E-state index contributed by atoms with van der Waals surface area (Å²) in [5.41, 5.74) is 2.63. The molecule has 0 bridgehead atoms. The lowest BCUT2D eigenvalue weighted by Crippen LogP contribution is -2.05. The zero-order valence-corrected chi connectivity index (χ0v) is 11.1. The first-order valence-corrected chi connectivity index (χ1v) is 6.17. The first kappa shape index (κ1) is 13.1. The monoisotopic (exact) mass is 259 g/mol. The summed E-state index contributed by atoms with van der Waals surface area (Å²) in [5.74, 6) is -0.290. The molecular formula is C14H17N3O2. The highest BCUT2D eigenvalue weighted by Gasteiger charge is 2.05. The van der Waals surface area contributed by atoms with E-state index >= 15 is 0 Å². The van der Waals surface area contributed by atoms with Crippen LogP contribution in [0.3, 0.4) is 0 Å². The summed E-state index contributed by atoms with van der Waals surface area (Å²) in [5, 5.41) is 7.37. The van der Waals surface area contributed by atoms with Crippen LogP contribution in [0.1, 0.15) is 22.8 Å². The van der Waals surface area contributed by atoms with Crippen LogP contribution in [-0.2, 0) is 18.3 Å². The Morgan fingerprint density at radius 2 is 2.11 bits per heavy atom. The van der Waals surface area contributed by atoms with Gasteiger partial charge >= 0.3 is 5.97 Å². The van der Waals surface area contributed by atoms with E-state index < -0.39 is 0 Å². The third-order valence-electron chi connectivity index (χ3n) is 2.65. The molecule has 0 aliphatic carbocycles. The maximum atomic E-state index is 11.5. The minimum Gasteiger partial charge on any atom is -0.462 e. The summed E-state index contributed by atoms with van der Waals surface area (Å²) in [6.07, 6.45) is 3.78. The molecule has 5 nitrogen and oxygen atoms in total. The van der Waals surface area contributed by atoms with Gasteiger partial charge in [0.1, 0.15) is 0 Å². The standard InChI is InChI=1S/C14H17N3O2/c1-3-19-14(18)12-4-6-13(7-5-12)15-8-11-9-16-17(2)10-11/h4-7,9-10,15H,3,8H2,1-2H3. The van der Waals surface area contributed by atoms with E-state index in [9.17, 15) is 4.79 Å². The maximum absolute atomic E-state index is 11.5. The number of hydrogen-bond acceptors (Lipinski definition) is 4. The largest absolute Gasteiger partial charge is 0.462 e. The van der Waals surface area contributed by atoms with Gasteiger partial charge in [-0.2, -0.15) is 5.10 Å². The average molecular weight is 259 g/mol. The van der Waals surface area contributed by atoms with Gasteiger partial charge in [0.05, 0.1) is 18.4 Å². The molecular weight excluding hydrogens is 242 g/mol. The minimum atomic E-state index is -0.290. The maximum Gasteiger partial charge on any atom is 0.338 e. The Morgan fingerprint density at radius 1 is 1.37 bits per heavy atom. The van der Waals surface area contributed by atoms with Gasteiger partial charge in [-0.05, 0) is 31.2 Å². The number of hydrogen-bond donors (Lipinski definition) is 1. The Kier molecular flexibility index (Phi) is 4.18. The Bertz CT molecular complexity index is 546. The summed E-state index contributed by atoms with van der Waals surface area (Å²) in [6, 6.07) is 7.23. The van der Waals surface area contributed by atoms with Crippen LogP contribution in [0.5, 0.6) is 0 Å². The molecule has 0 saturated carbocycles. The summed E-state index contributed by atoms with van der Waals surface area (Å²) in [4.78, 5) is 11.5. The number of nitrogens with one attached hydrogen (secondary N) is 1. The van der Waals surface area contributed by atoms with E-state index in [0.717, 1.165) is 11.3 Å². The molecule has 1 aromatic carbocycles. The van der Waals surface area contributed by atoms with Crippen molar-refractivity contribution in [3.8, 4) is 0 Å².